The average molecular weight is 317 g/mol. The molecule has 4 rings (SSSR count). The lowest BCUT2D eigenvalue weighted by atomic mass is 9.87. The first-order valence-electron chi connectivity index (χ1n) is 7.77. The fourth-order valence-electron chi connectivity index (χ4n) is 3.07. The molecule has 5 nitrogen and oxygen atoms in total. The van der Waals surface area contributed by atoms with Crippen molar-refractivity contribution in [1.82, 2.24) is 9.97 Å². The number of H-pyrrole nitrogens is 1. The number of rotatable bonds is 2. The first-order chi connectivity index (χ1) is 11.7. The third kappa shape index (κ3) is 2.50. The minimum absolute atomic E-state index is 0.131. The molecule has 1 amide bonds. The highest BCUT2D eigenvalue weighted by atomic mass is 16.2. The Labute approximate surface area is 138 Å². The van der Waals surface area contributed by atoms with Crippen LogP contribution in [-0.4, -0.2) is 15.9 Å². The van der Waals surface area contributed by atoms with Crippen molar-refractivity contribution < 1.29 is 4.79 Å². The number of aromatic amines is 1. The Morgan fingerprint density at radius 2 is 1.58 bits per heavy atom. The Hall–Kier alpha value is -3.21. The molecular weight excluding hydrogens is 302 g/mol. The van der Waals surface area contributed by atoms with Gasteiger partial charge in [0, 0.05) is 17.9 Å². The normalized spacial score (nSPS) is 16.3. The summed E-state index contributed by atoms with van der Waals surface area (Å²) in [6.45, 7) is 0. The summed E-state index contributed by atoms with van der Waals surface area (Å²) in [5.74, 6) is 0.389. The van der Waals surface area contributed by atoms with Crippen LogP contribution in [0.2, 0.25) is 0 Å². The largest absolute Gasteiger partial charge is 0.310 e. The Morgan fingerprint density at radius 3 is 2.29 bits per heavy atom. The van der Waals surface area contributed by atoms with Gasteiger partial charge in [-0.2, -0.15) is 0 Å². The highest BCUT2D eigenvalue weighted by Crippen LogP contribution is 2.34. The fourth-order valence-corrected chi connectivity index (χ4v) is 3.07. The third-order valence-corrected chi connectivity index (χ3v) is 4.20. The molecule has 0 radical (unpaired) electrons. The summed E-state index contributed by atoms with van der Waals surface area (Å²) in [4.78, 5) is 32.1. The number of hydrogen-bond acceptors (Lipinski definition) is 3. The number of nitrogens with one attached hydrogen (secondary N) is 2. The maximum Gasteiger partial charge on any atom is 0.257 e. The van der Waals surface area contributed by atoms with Crippen LogP contribution in [0.5, 0.6) is 0 Å². The maximum atomic E-state index is 12.7. The summed E-state index contributed by atoms with van der Waals surface area (Å²) < 4.78 is 0. The van der Waals surface area contributed by atoms with Gasteiger partial charge in [-0.3, -0.25) is 9.59 Å². The van der Waals surface area contributed by atoms with E-state index < -0.39 is 0 Å². The molecule has 2 heterocycles. The number of aromatic nitrogens is 2. The van der Waals surface area contributed by atoms with Crippen molar-refractivity contribution in [3.63, 3.8) is 0 Å². The van der Waals surface area contributed by atoms with Crippen LogP contribution in [0, 0.1) is 0 Å². The number of amides is 1. The molecule has 0 saturated carbocycles. The quantitative estimate of drug-likeness (QED) is 0.763. The number of carbonyl (C=O) groups excluding carboxylic acids is 1. The van der Waals surface area contributed by atoms with Gasteiger partial charge >= 0.3 is 0 Å². The van der Waals surface area contributed by atoms with Crippen molar-refractivity contribution in [3.8, 4) is 11.4 Å². The van der Waals surface area contributed by atoms with Gasteiger partial charge in [-0.05, 0) is 5.56 Å². The van der Waals surface area contributed by atoms with Gasteiger partial charge < -0.3 is 10.3 Å². The fraction of sp³-hybridized carbons (Fsp3) is 0.105. The van der Waals surface area contributed by atoms with Crippen molar-refractivity contribution in [2.45, 2.75) is 12.3 Å². The minimum Gasteiger partial charge on any atom is -0.310 e. The van der Waals surface area contributed by atoms with Gasteiger partial charge in [0.15, 0.2) is 0 Å². The SMILES string of the molecule is O=C1C[C@H](c2ccccc2)c2c(nc(-c3ccccc3)[nH]c2=O)N1. The van der Waals surface area contributed by atoms with Gasteiger partial charge in [0.2, 0.25) is 5.91 Å². The van der Waals surface area contributed by atoms with Crippen molar-refractivity contribution in [1.29, 1.82) is 0 Å². The smallest absolute Gasteiger partial charge is 0.257 e. The van der Waals surface area contributed by atoms with Crippen LogP contribution in [-0.2, 0) is 4.79 Å². The van der Waals surface area contributed by atoms with E-state index in [1.807, 2.05) is 60.7 Å². The Bertz CT molecular complexity index is 949. The zero-order valence-corrected chi connectivity index (χ0v) is 12.8. The summed E-state index contributed by atoms with van der Waals surface area (Å²) >= 11 is 0. The predicted octanol–water partition coefficient (Wildman–Crippen LogP) is 2.91. The third-order valence-electron chi connectivity index (χ3n) is 4.20. The number of benzene rings is 2. The molecule has 24 heavy (non-hydrogen) atoms. The zero-order valence-electron chi connectivity index (χ0n) is 12.8. The van der Waals surface area contributed by atoms with E-state index in [0.29, 0.717) is 17.2 Å². The summed E-state index contributed by atoms with van der Waals surface area (Å²) in [6.07, 6.45) is 0.243. The molecule has 5 heteroatoms. The van der Waals surface area contributed by atoms with Gasteiger partial charge in [0.05, 0.1) is 5.56 Å². The molecule has 3 aromatic rings. The van der Waals surface area contributed by atoms with Crippen molar-refractivity contribution in [2.24, 2.45) is 0 Å². The molecule has 2 N–H and O–H groups in total. The van der Waals surface area contributed by atoms with E-state index in [0.717, 1.165) is 11.1 Å². The molecule has 118 valence electrons. The van der Waals surface area contributed by atoms with Gasteiger partial charge in [0.1, 0.15) is 11.6 Å². The second-order valence-corrected chi connectivity index (χ2v) is 5.76. The summed E-state index contributed by atoms with van der Waals surface area (Å²) in [5, 5.41) is 2.74. The van der Waals surface area contributed by atoms with E-state index in [-0.39, 0.29) is 23.8 Å². The Kier molecular flexibility index (Phi) is 3.46. The summed E-state index contributed by atoms with van der Waals surface area (Å²) in [7, 11) is 0. The van der Waals surface area contributed by atoms with E-state index >= 15 is 0 Å². The van der Waals surface area contributed by atoms with Crippen molar-refractivity contribution in [2.75, 3.05) is 5.32 Å². The van der Waals surface area contributed by atoms with E-state index in [1.165, 1.54) is 0 Å². The van der Waals surface area contributed by atoms with E-state index in [4.69, 9.17) is 0 Å². The molecule has 0 unspecified atom stereocenters. The topological polar surface area (TPSA) is 74.8 Å². The van der Waals surface area contributed by atoms with Crippen LogP contribution in [0.3, 0.4) is 0 Å². The number of hydrogen-bond donors (Lipinski definition) is 2. The molecule has 0 spiro atoms. The van der Waals surface area contributed by atoms with Crippen LogP contribution >= 0.6 is 0 Å². The van der Waals surface area contributed by atoms with Crippen LogP contribution < -0.4 is 10.9 Å². The molecule has 0 saturated heterocycles. The summed E-state index contributed by atoms with van der Waals surface area (Å²) in [6, 6.07) is 19.0. The van der Waals surface area contributed by atoms with Crippen LogP contribution in [0.1, 0.15) is 23.5 Å². The van der Waals surface area contributed by atoms with E-state index in [1.54, 1.807) is 0 Å². The monoisotopic (exact) mass is 317 g/mol. The van der Waals surface area contributed by atoms with Crippen molar-refractivity contribution in [3.05, 3.63) is 82.1 Å². The van der Waals surface area contributed by atoms with E-state index in [9.17, 15) is 9.59 Å². The lowest BCUT2D eigenvalue weighted by molar-refractivity contribution is -0.116. The highest BCUT2D eigenvalue weighted by molar-refractivity contribution is 5.94. The standard InChI is InChI=1S/C19H15N3O2/c23-15-11-14(12-7-3-1-4-8-12)16-18(20-15)21-17(22-19(16)24)13-9-5-2-6-10-13/h1-10,14H,11H2,(H2,20,21,22,23,24)/t14-/m1/s1. The zero-order chi connectivity index (χ0) is 16.5. The molecular formula is C19H15N3O2. The second-order valence-electron chi connectivity index (χ2n) is 5.76. The Morgan fingerprint density at radius 1 is 0.917 bits per heavy atom. The minimum atomic E-state index is -0.281. The number of carbonyl (C=O) groups is 1. The molecule has 0 fully saturated rings. The number of nitrogens with zero attached hydrogens (tertiary/aromatic N) is 1. The van der Waals surface area contributed by atoms with Crippen molar-refractivity contribution >= 4 is 11.7 Å². The average Bonchev–Trinajstić information content (AvgIpc) is 2.62. The number of anilines is 1. The van der Waals surface area contributed by atoms with Crippen LogP contribution in [0.25, 0.3) is 11.4 Å². The molecule has 1 aromatic heterocycles. The van der Waals surface area contributed by atoms with E-state index in [2.05, 4.69) is 15.3 Å². The van der Waals surface area contributed by atoms with Gasteiger partial charge in [-0.15, -0.1) is 0 Å². The Balaban J connectivity index is 1.87. The summed E-state index contributed by atoms with van der Waals surface area (Å²) in [5.41, 5.74) is 2.04. The molecule has 1 aliphatic heterocycles. The molecule has 0 bridgehead atoms. The molecule has 0 aliphatic carbocycles. The lowest BCUT2D eigenvalue weighted by Gasteiger charge is -2.24. The maximum absolute atomic E-state index is 12.7. The van der Waals surface area contributed by atoms with Crippen LogP contribution in [0.15, 0.2) is 65.5 Å². The molecule has 1 aliphatic rings. The van der Waals surface area contributed by atoms with Gasteiger partial charge in [-0.25, -0.2) is 4.98 Å². The molecule has 1 atom stereocenters. The van der Waals surface area contributed by atoms with Gasteiger partial charge in [-0.1, -0.05) is 60.7 Å². The van der Waals surface area contributed by atoms with Gasteiger partial charge in [0.25, 0.3) is 5.56 Å². The first-order valence-corrected chi connectivity index (χ1v) is 7.77. The highest BCUT2D eigenvalue weighted by Gasteiger charge is 2.30. The molecule has 2 aromatic carbocycles. The van der Waals surface area contributed by atoms with Crippen LogP contribution in [0.4, 0.5) is 5.82 Å². The predicted molar refractivity (Wildman–Crippen MR) is 91.8 cm³/mol. The second kappa shape index (κ2) is 5.77. The first kappa shape index (κ1) is 14.4. The number of fused-ring (bicyclic) bond motifs is 1. The lowest BCUT2D eigenvalue weighted by Crippen LogP contribution is -2.31.